The number of aliphatic hydroxyl groups excluding tert-OH is 1. The van der Waals surface area contributed by atoms with Crippen LogP contribution in [0.4, 0.5) is 4.79 Å². The molecule has 1 N–H and O–H groups in total. The highest BCUT2D eigenvalue weighted by atomic mass is 16.6. The number of piperidine rings is 1. The SMILES string of the molecule is CC(C)(C)OC(=O)N1[C@@H]2CC[C@H]1C[C@@H](OCCO)C2. The van der Waals surface area contributed by atoms with Crippen molar-refractivity contribution in [1.82, 2.24) is 4.90 Å². The molecular weight excluding hydrogens is 246 g/mol. The molecule has 0 saturated carbocycles. The second-order valence-electron chi connectivity index (χ2n) is 6.46. The molecule has 2 aliphatic heterocycles. The molecule has 2 aliphatic rings. The summed E-state index contributed by atoms with van der Waals surface area (Å²) in [5, 5.41) is 8.80. The van der Waals surface area contributed by atoms with Crippen LogP contribution in [0, 0.1) is 0 Å². The Bertz CT molecular complexity index is 312. The topological polar surface area (TPSA) is 59.0 Å². The summed E-state index contributed by atoms with van der Waals surface area (Å²) in [5.74, 6) is 0. The van der Waals surface area contributed by atoms with Crippen molar-refractivity contribution in [1.29, 1.82) is 0 Å². The molecule has 2 saturated heterocycles. The van der Waals surface area contributed by atoms with Gasteiger partial charge in [0.25, 0.3) is 0 Å². The Labute approximate surface area is 114 Å². The van der Waals surface area contributed by atoms with Gasteiger partial charge in [-0.15, -0.1) is 0 Å². The van der Waals surface area contributed by atoms with E-state index < -0.39 is 5.60 Å². The molecule has 1 amide bonds. The fraction of sp³-hybridized carbons (Fsp3) is 0.929. The molecule has 2 rings (SSSR count). The summed E-state index contributed by atoms with van der Waals surface area (Å²) in [7, 11) is 0. The number of aliphatic hydroxyl groups is 1. The van der Waals surface area contributed by atoms with Crippen LogP contribution in [0.5, 0.6) is 0 Å². The first kappa shape index (κ1) is 14.6. The molecule has 0 aromatic rings. The molecule has 110 valence electrons. The summed E-state index contributed by atoms with van der Waals surface area (Å²) in [6.45, 7) is 6.12. The highest BCUT2D eigenvalue weighted by Crippen LogP contribution is 2.37. The van der Waals surface area contributed by atoms with E-state index in [1.807, 2.05) is 25.7 Å². The second-order valence-corrected chi connectivity index (χ2v) is 6.46. The zero-order chi connectivity index (χ0) is 14.0. The highest BCUT2D eigenvalue weighted by Gasteiger charge is 2.45. The molecule has 2 heterocycles. The van der Waals surface area contributed by atoms with Crippen LogP contribution in [-0.4, -0.2) is 53.1 Å². The van der Waals surface area contributed by atoms with E-state index in [0.717, 1.165) is 25.7 Å². The number of rotatable bonds is 3. The van der Waals surface area contributed by atoms with Gasteiger partial charge in [0.15, 0.2) is 0 Å². The van der Waals surface area contributed by atoms with Crippen LogP contribution >= 0.6 is 0 Å². The molecule has 2 fully saturated rings. The average Bonchev–Trinajstić information content (AvgIpc) is 2.56. The Morgan fingerprint density at radius 1 is 1.26 bits per heavy atom. The van der Waals surface area contributed by atoms with Gasteiger partial charge < -0.3 is 19.5 Å². The van der Waals surface area contributed by atoms with Crippen LogP contribution in [0.15, 0.2) is 0 Å². The second kappa shape index (κ2) is 5.67. The van der Waals surface area contributed by atoms with E-state index in [0.29, 0.717) is 6.61 Å². The van der Waals surface area contributed by atoms with E-state index in [-0.39, 0.29) is 30.9 Å². The molecule has 0 aliphatic carbocycles. The van der Waals surface area contributed by atoms with Crippen molar-refractivity contribution in [3.8, 4) is 0 Å². The number of hydrogen-bond donors (Lipinski definition) is 1. The summed E-state index contributed by atoms with van der Waals surface area (Å²) >= 11 is 0. The number of carbonyl (C=O) groups is 1. The number of ether oxygens (including phenoxy) is 2. The third-order valence-electron chi connectivity index (χ3n) is 3.74. The first-order chi connectivity index (χ1) is 8.90. The van der Waals surface area contributed by atoms with Gasteiger partial charge in [0, 0.05) is 12.1 Å². The van der Waals surface area contributed by atoms with Crippen molar-refractivity contribution in [3.63, 3.8) is 0 Å². The van der Waals surface area contributed by atoms with Gasteiger partial charge in [-0.25, -0.2) is 4.79 Å². The largest absolute Gasteiger partial charge is 0.444 e. The maximum absolute atomic E-state index is 12.2. The Morgan fingerprint density at radius 3 is 2.32 bits per heavy atom. The minimum absolute atomic E-state index is 0.0572. The first-order valence-corrected chi connectivity index (χ1v) is 7.14. The summed E-state index contributed by atoms with van der Waals surface area (Å²) in [6, 6.07) is 0.467. The van der Waals surface area contributed by atoms with Crippen LogP contribution in [0.1, 0.15) is 46.5 Å². The Balaban J connectivity index is 1.93. The molecule has 0 radical (unpaired) electrons. The Hall–Kier alpha value is -0.810. The summed E-state index contributed by atoms with van der Waals surface area (Å²) in [4.78, 5) is 14.1. The molecule has 3 atom stereocenters. The molecule has 0 unspecified atom stereocenters. The first-order valence-electron chi connectivity index (χ1n) is 7.14. The molecule has 0 spiro atoms. The minimum Gasteiger partial charge on any atom is -0.444 e. The predicted octanol–water partition coefficient (Wildman–Crippen LogP) is 1.93. The lowest BCUT2D eigenvalue weighted by Crippen LogP contribution is -2.50. The molecule has 5 nitrogen and oxygen atoms in total. The van der Waals surface area contributed by atoms with Gasteiger partial charge in [-0.2, -0.15) is 0 Å². The standard InChI is InChI=1S/C14H25NO4/c1-14(2,3)19-13(17)15-10-4-5-11(15)9-12(8-10)18-7-6-16/h10-12,16H,4-9H2,1-3H3/t10-,11+,12+. The third-order valence-corrected chi connectivity index (χ3v) is 3.74. The summed E-state index contributed by atoms with van der Waals surface area (Å²) in [5.41, 5.74) is -0.444. The number of carbonyl (C=O) groups excluding carboxylic acids is 1. The Kier molecular flexibility index (Phi) is 4.36. The molecular formula is C14H25NO4. The highest BCUT2D eigenvalue weighted by molar-refractivity contribution is 5.69. The van der Waals surface area contributed by atoms with E-state index >= 15 is 0 Å². The van der Waals surface area contributed by atoms with Gasteiger partial charge in [-0.05, 0) is 46.5 Å². The van der Waals surface area contributed by atoms with Gasteiger partial charge in [-0.3, -0.25) is 0 Å². The minimum atomic E-state index is -0.444. The van der Waals surface area contributed by atoms with Crippen LogP contribution < -0.4 is 0 Å². The zero-order valence-corrected chi connectivity index (χ0v) is 12.1. The van der Waals surface area contributed by atoms with Crippen LogP contribution in [0.3, 0.4) is 0 Å². The van der Waals surface area contributed by atoms with E-state index in [1.54, 1.807) is 0 Å². The quantitative estimate of drug-likeness (QED) is 0.852. The fourth-order valence-electron chi connectivity index (χ4n) is 3.10. The van der Waals surface area contributed by atoms with Crippen LogP contribution in [-0.2, 0) is 9.47 Å². The van der Waals surface area contributed by atoms with Crippen LogP contribution in [0.2, 0.25) is 0 Å². The average molecular weight is 271 g/mol. The lowest BCUT2D eigenvalue weighted by atomic mass is 10.0. The van der Waals surface area contributed by atoms with E-state index in [4.69, 9.17) is 14.6 Å². The van der Waals surface area contributed by atoms with Crippen molar-refractivity contribution in [2.45, 2.75) is 70.2 Å². The van der Waals surface area contributed by atoms with Gasteiger partial charge in [0.1, 0.15) is 5.60 Å². The number of fused-ring (bicyclic) bond motifs is 2. The maximum atomic E-state index is 12.2. The van der Waals surface area contributed by atoms with Gasteiger partial charge in [0.05, 0.1) is 19.3 Å². The van der Waals surface area contributed by atoms with Crippen molar-refractivity contribution in [2.24, 2.45) is 0 Å². The predicted molar refractivity (Wildman–Crippen MR) is 70.9 cm³/mol. The van der Waals surface area contributed by atoms with Gasteiger partial charge in [-0.1, -0.05) is 0 Å². The van der Waals surface area contributed by atoms with Crippen molar-refractivity contribution < 1.29 is 19.4 Å². The molecule has 0 aromatic heterocycles. The van der Waals surface area contributed by atoms with Crippen molar-refractivity contribution in [2.75, 3.05) is 13.2 Å². The summed E-state index contributed by atoms with van der Waals surface area (Å²) in [6.07, 6.45) is 3.75. The lowest BCUT2D eigenvalue weighted by molar-refractivity contribution is -0.0411. The molecule has 19 heavy (non-hydrogen) atoms. The number of hydrogen-bond acceptors (Lipinski definition) is 4. The normalized spacial score (nSPS) is 30.5. The lowest BCUT2D eigenvalue weighted by Gasteiger charge is -2.39. The molecule has 5 heteroatoms. The number of nitrogens with zero attached hydrogens (tertiary/aromatic N) is 1. The van der Waals surface area contributed by atoms with Crippen molar-refractivity contribution >= 4 is 6.09 Å². The van der Waals surface area contributed by atoms with E-state index in [2.05, 4.69) is 0 Å². The maximum Gasteiger partial charge on any atom is 0.410 e. The van der Waals surface area contributed by atoms with Gasteiger partial charge in [0.2, 0.25) is 0 Å². The van der Waals surface area contributed by atoms with Gasteiger partial charge >= 0.3 is 6.09 Å². The zero-order valence-electron chi connectivity index (χ0n) is 12.1. The third kappa shape index (κ3) is 3.60. The summed E-state index contributed by atoms with van der Waals surface area (Å²) < 4.78 is 11.1. The Morgan fingerprint density at radius 2 is 1.84 bits per heavy atom. The smallest absolute Gasteiger partial charge is 0.410 e. The monoisotopic (exact) mass is 271 g/mol. The molecule has 0 aromatic carbocycles. The van der Waals surface area contributed by atoms with E-state index in [9.17, 15) is 4.79 Å². The fourth-order valence-corrected chi connectivity index (χ4v) is 3.10. The molecule has 2 bridgehead atoms. The van der Waals surface area contributed by atoms with Crippen molar-refractivity contribution in [3.05, 3.63) is 0 Å². The van der Waals surface area contributed by atoms with E-state index in [1.165, 1.54) is 0 Å². The number of amides is 1. The van der Waals surface area contributed by atoms with Crippen LogP contribution in [0.25, 0.3) is 0 Å².